The van der Waals surface area contributed by atoms with E-state index in [-0.39, 0.29) is 23.3 Å². The number of nitrogens with one attached hydrogen (secondary N) is 2. The van der Waals surface area contributed by atoms with Crippen LogP contribution in [0.1, 0.15) is 64.9 Å². The van der Waals surface area contributed by atoms with E-state index in [1.807, 2.05) is 18.2 Å². The van der Waals surface area contributed by atoms with Crippen molar-refractivity contribution in [1.29, 1.82) is 0 Å². The lowest BCUT2D eigenvalue weighted by molar-refractivity contribution is -0.120. The Morgan fingerprint density at radius 1 is 1.12 bits per heavy atom. The molecule has 0 bridgehead atoms. The summed E-state index contributed by atoms with van der Waals surface area (Å²) in [7, 11) is 0. The zero-order chi connectivity index (χ0) is 17.7. The SMILES string of the molecule is CCCC(CCC)C(=O)Nc1ccc2c(C(C)C)cc(=O)[nH]c2c1. The molecule has 0 unspecified atom stereocenters. The van der Waals surface area contributed by atoms with Crippen LogP contribution >= 0.6 is 0 Å². The molecule has 1 aromatic heterocycles. The van der Waals surface area contributed by atoms with Crippen molar-refractivity contribution in [3.05, 3.63) is 40.2 Å². The molecule has 0 saturated heterocycles. The summed E-state index contributed by atoms with van der Waals surface area (Å²) in [5, 5.41) is 4.04. The van der Waals surface area contributed by atoms with Crippen molar-refractivity contribution in [2.45, 2.75) is 59.3 Å². The first kappa shape index (κ1) is 18.2. The first-order valence-corrected chi connectivity index (χ1v) is 8.94. The predicted octanol–water partition coefficient (Wildman–Crippen LogP) is 4.81. The lowest BCUT2D eigenvalue weighted by Crippen LogP contribution is -2.22. The molecule has 1 heterocycles. The van der Waals surface area contributed by atoms with E-state index in [2.05, 4.69) is 38.0 Å². The maximum atomic E-state index is 12.5. The molecule has 0 aliphatic heterocycles. The lowest BCUT2D eigenvalue weighted by atomic mass is 9.97. The molecule has 0 saturated carbocycles. The Labute approximate surface area is 143 Å². The van der Waals surface area contributed by atoms with Gasteiger partial charge in [0.05, 0.1) is 5.52 Å². The first-order valence-electron chi connectivity index (χ1n) is 8.94. The number of pyridine rings is 1. The van der Waals surface area contributed by atoms with Gasteiger partial charge < -0.3 is 10.3 Å². The number of aromatic amines is 1. The number of rotatable bonds is 7. The van der Waals surface area contributed by atoms with Crippen LogP contribution < -0.4 is 10.9 Å². The molecule has 2 N–H and O–H groups in total. The molecule has 0 spiro atoms. The quantitative estimate of drug-likeness (QED) is 0.766. The van der Waals surface area contributed by atoms with E-state index in [0.717, 1.165) is 47.8 Å². The topological polar surface area (TPSA) is 62.0 Å². The van der Waals surface area contributed by atoms with Crippen LogP contribution in [0.3, 0.4) is 0 Å². The van der Waals surface area contributed by atoms with Gasteiger partial charge in [-0.15, -0.1) is 0 Å². The minimum atomic E-state index is -0.107. The van der Waals surface area contributed by atoms with Crippen LogP contribution in [0.2, 0.25) is 0 Å². The Balaban J connectivity index is 2.30. The van der Waals surface area contributed by atoms with E-state index < -0.39 is 0 Å². The van der Waals surface area contributed by atoms with E-state index >= 15 is 0 Å². The second kappa shape index (κ2) is 8.13. The van der Waals surface area contributed by atoms with Gasteiger partial charge in [-0.05, 0) is 36.5 Å². The second-order valence-corrected chi connectivity index (χ2v) is 6.77. The highest BCUT2D eigenvalue weighted by Crippen LogP contribution is 2.25. The summed E-state index contributed by atoms with van der Waals surface area (Å²) in [6.45, 7) is 8.35. The minimum Gasteiger partial charge on any atom is -0.326 e. The largest absolute Gasteiger partial charge is 0.326 e. The summed E-state index contributed by atoms with van der Waals surface area (Å²) in [6.07, 6.45) is 3.81. The van der Waals surface area contributed by atoms with E-state index in [9.17, 15) is 9.59 Å². The summed E-state index contributed by atoms with van der Waals surface area (Å²) < 4.78 is 0. The summed E-state index contributed by atoms with van der Waals surface area (Å²) in [4.78, 5) is 27.2. The molecule has 0 aliphatic carbocycles. The van der Waals surface area contributed by atoms with Gasteiger partial charge in [-0.1, -0.05) is 46.6 Å². The molecule has 0 fully saturated rings. The number of carbonyl (C=O) groups is 1. The van der Waals surface area contributed by atoms with Crippen molar-refractivity contribution in [2.75, 3.05) is 5.32 Å². The van der Waals surface area contributed by atoms with Crippen molar-refractivity contribution < 1.29 is 4.79 Å². The first-order chi connectivity index (χ1) is 11.5. The number of hydrogen-bond acceptors (Lipinski definition) is 2. The highest BCUT2D eigenvalue weighted by Gasteiger charge is 2.17. The second-order valence-electron chi connectivity index (χ2n) is 6.77. The molecule has 0 atom stereocenters. The molecule has 130 valence electrons. The number of aromatic nitrogens is 1. The molecule has 4 heteroatoms. The molecule has 4 nitrogen and oxygen atoms in total. The number of hydrogen-bond donors (Lipinski definition) is 2. The summed E-state index contributed by atoms with van der Waals surface area (Å²) in [6, 6.07) is 7.41. The van der Waals surface area contributed by atoms with Crippen molar-refractivity contribution in [1.82, 2.24) is 4.98 Å². The lowest BCUT2D eigenvalue weighted by Gasteiger charge is -2.16. The fraction of sp³-hybridized carbons (Fsp3) is 0.500. The van der Waals surface area contributed by atoms with Crippen LogP contribution in [0.15, 0.2) is 29.1 Å². The van der Waals surface area contributed by atoms with Crippen LogP contribution in [0.5, 0.6) is 0 Å². The molecule has 24 heavy (non-hydrogen) atoms. The zero-order valence-corrected chi connectivity index (χ0v) is 15.1. The van der Waals surface area contributed by atoms with Crippen LogP contribution in [0, 0.1) is 5.92 Å². The number of anilines is 1. The monoisotopic (exact) mass is 328 g/mol. The Morgan fingerprint density at radius 2 is 1.79 bits per heavy atom. The van der Waals surface area contributed by atoms with E-state index in [0.29, 0.717) is 0 Å². The average Bonchev–Trinajstić information content (AvgIpc) is 2.53. The third-order valence-electron chi connectivity index (χ3n) is 4.41. The van der Waals surface area contributed by atoms with Gasteiger partial charge in [0.1, 0.15) is 0 Å². The normalized spacial score (nSPS) is 11.4. The number of carbonyl (C=O) groups excluding carboxylic acids is 1. The van der Waals surface area contributed by atoms with E-state index in [1.54, 1.807) is 6.07 Å². The number of amides is 1. The predicted molar refractivity (Wildman–Crippen MR) is 101 cm³/mol. The zero-order valence-electron chi connectivity index (χ0n) is 15.1. The third kappa shape index (κ3) is 4.25. The molecule has 2 rings (SSSR count). The number of benzene rings is 1. The van der Waals surface area contributed by atoms with Crippen LogP contribution in [0.4, 0.5) is 5.69 Å². The molecular formula is C20H28N2O2. The fourth-order valence-corrected chi connectivity index (χ4v) is 3.19. The minimum absolute atomic E-state index is 0.0525. The van der Waals surface area contributed by atoms with Gasteiger partial charge in [-0.2, -0.15) is 0 Å². The third-order valence-corrected chi connectivity index (χ3v) is 4.41. The molecular weight excluding hydrogens is 300 g/mol. The van der Waals surface area contributed by atoms with Crippen molar-refractivity contribution in [3.8, 4) is 0 Å². The Morgan fingerprint density at radius 3 is 2.38 bits per heavy atom. The molecule has 0 radical (unpaired) electrons. The molecule has 2 aromatic rings. The summed E-state index contributed by atoms with van der Waals surface area (Å²) in [5.41, 5.74) is 2.43. The van der Waals surface area contributed by atoms with Gasteiger partial charge in [0, 0.05) is 23.1 Å². The standard InChI is InChI=1S/C20H28N2O2/c1-5-7-14(8-6-2)20(24)21-15-9-10-16-17(13(3)4)12-19(23)22-18(16)11-15/h9-14H,5-8H2,1-4H3,(H,21,24)(H,22,23). The Bertz CT molecular complexity index is 756. The van der Waals surface area contributed by atoms with Gasteiger partial charge in [-0.3, -0.25) is 9.59 Å². The molecule has 1 aromatic carbocycles. The van der Waals surface area contributed by atoms with Crippen molar-refractivity contribution in [2.24, 2.45) is 5.92 Å². The van der Waals surface area contributed by atoms with E-state index in [1.165, 1.54) is 0 Å². The van der Waals surface area contributed by atoms with Crippen molar-refractivity contribution >= 4 is 22.5 Å². The summed E-state index contributed by atoms with van der Waals surface area (Å²) >= 11 is 0. The van der Waals surface area contributed by atoms with Crippen LogP contribution in [0.25, 0.3) is 10.9 Å². The fourth-order valence-electron chi connectivity index (χ4n) is 3.19. The highest BCUT2D eigenvalue weighted by atomic mass is 16.2. The van der Waals surface area contributed by atoms with Gasteiger partial charge in [0.25, 0.3) is 0 Å². The van der Waals surface area contributed by atoms with Crippen molar-refractivity contribution in [3.63, 3.8) is 0 Å². The maximum absolute atomic E-state index is 12.5. The van der Waals surface area contributed by atoms with Gasteiger partial charge in [0.15, 0.2) is 0 Å². The van der Waals surface area contributed by atoms with Gasteiger partial charge in [0.2, 0.25) is 11.5 Å². The Kier molecular flexibility index (Phi) is 6.18. The van der Waals surface area contributed by atoms with Gasteiger partial charge in [-0.25, -0.2) is 0 Å². The maximum Gasteiger partial charge on any atom is 0.248 e. The highest BCUT2D eigenvalue weighted by molar-refractivity contribution is 5.95. The van der Waals surface area contributed by atoms with Gasteiger partial charge >= 0.3 is 0 Å². The number of H-pyrrole nitrogens is 1. The Hall–Kier alpha value is -2.10. The van der Waals surface area contributed by atoms with Crippen LogP contribution in [-0.4, -0.2) is 10.9 Å². The molecule has 1 amide bonds. The summed E-state index contributed by atoms with van der Waals surface area (Å²) in [5.74, 6) is 0.394. The number of fused-ring (bicyclic) bond motifs is 1. The van der Waals surface area contributed by atoms with E-state index in [4.69, 9.17) is 0 Å². The van der Waals surface area contributed by atoms with Crippen LogP contribution in [-0.2, 0) is 4.79 Å². The average molecular weight is 328 g/mol. The smallest absolute Gasteiger partial charge is 0.248 e. The molecule has 0 aliphatic rings.